The van der Waals surface area contributed by atoms with Crippen molar-refractivity contribution in [3.63, 3.8) is 0 Å². The molecule has 5 heterocycles. The minimum Gasteiger partial charge on any atom is -0.343 e. The number of carbonyl (C=O) groups is 3. The molecule has 0 spiro atoms. The lowest BCUT2D eigenvalue weighted by Gasteiger charge is -2.40. The number of fused-ring (bicyclic) bond motifs is 2. The molecule has 1 atom stereocenters. The second-order valence-corrected chi connectivity index (χ2v) is 13.6. The molecule has 1 aromatic heterocycles. The van der Waals surface area contributed by atoms with Crippen molar-refractivity contribution >= 4 is 34.6 Å². The van der Waals surface area contributed by atoms with E-state index in [9.17, 15) is 14.4 Å². The Morgan fingerprint density at radius 1 is 0.826 bits per heavy atom. The van der Waals surface area contributed by atoms with Crippen molar-refractivity contribution in [2.75, 3.05) is 51.1 Å². The Labute approximate surface area is 270 Å². The first-order valence-corrected chi connectivity index (χ1v) is 17.2. The zero-order valence-corrected chi connectivity index (χ0v) is 26.6. The second kappa shape index (κ2) is 13.8. The van der Waals surface area contributed by atoms with Crippen molar-refractivity contribution in [3.8, 4) is 0 Å². The molecule has 4 aliphatic rings. The number of hydrogen-bond donors (Lipinski definition) is 3. The minimum absolute atomic E-state index is 0.0247. The molecule has 11 heteroatoms. The Kier molecular flexibility index (Phi) is 9.19. The average molecular weight is 627 g/mol. The zero-order chi connectivity index (χ0) is 31.5. The number of aromatic amines is 1. The van der Waals surface area contributed by atoms with E-state index >= 15 is 0 Å². The van der Waals surface area contributed by atoms with E-state index in [0.29, 0.717) is 32.0 Å². The third-order valence-electron chi connectivity index (χ3n) is 10.9. The number of benzene rings is 2. The molecule has 0 radical (unpaired) electrons. The Hall–Kier alpha value is -3.99. The smallest absolute Gasteiger partial charge is 0.322 e. The van der Waals surface area contributed by atoms with Crippen LogP contribution in [0.4, 0.5) is 10.5 Å². The van der Waals surface area contributed by atoms with Crippen LogP contribution >= 0.6 is 0 Å². The standard InChI is InChI=1S/C35H46N8O3/c44-33(41-18-12-29(13-19-41)43-20-11-27-3-1-2-4-30(27)37-35(43)46)23-28(21-24-5-6-31-32(22-24)39-40-38-31)34(45)42-16-9-26(10-17-42)25-7-14-36-15-8-25/h1-6,22,25-26,28-29,36H,7-21,23H2,(H,37,46)(H,38,39,40). The quantitative estimate of drug-likeness (QED) is 0.366. The van der Waals surface area contributed by atoms with Gasteiger partial charge in [0.05, 0.1) is 5.92 Å². The van der Waals surface area contributed by atoms with Gasteiger partial charge in [0.25, 0.3) is 0 Å². The maximum atomic E-state index is 14.1. The van der Waals surface area contributed by atoms with Crippen LogP contribution in [0, 0.1) is 17.8 Å². The van der Waals surface area contributed by atoms with Gasteiger partial charge in [0.1, 0.15) is 11.0 Å². The Balaban J connectivity index is 0.986. The van der Waals surface area contributed by atoms with E-state index in [-0.39, 0.29) is 30.3 Å². The van der Waals surface area contributed by atoms with Crippen LogP contribution in [0.15, 0.2) is 42.5 Å². The molecule has 244 valence electrons. The summed E-state index contributed by atoms with van der Waals surface area (Å²) in [7, 11) is 0. The van der Waals surface area contributed by atoms with Gasteiger partial charge in [-0.15, -0.1) is 0 Å². The average Bonchev–Trinajstić information content (AvgIpc) is 3.50. The second-order valence-electron chi connectivity index (χ2n) is 13.6. The van der Waals surface area contributed by atoms with Gasteiger partial charge in [0.2, 0.25) is 11.8 Å². The van der Waals surface area contributed by atoms with E-state index in [1.54, 1.807) is 0 Å². The number of H-pyrrole nitrogens is 1. The summed E-state index contributed by atoms with van der Waals surface area (Å²) in [5.41, 5.74) is 4.58. The number of rotatable bonds is 7. The Morgan fingerprint density at radius 2 is 1.54 bits per heavy atom. The monoisotopic (exact) mass is 626 g/mol. The van der Waals surface area contributed by atoms with Gasteiger partial charge in [-0.05, 0) is 106 Å². The summed E-state index contributed by atoms with van der Waals surface area (Å²) in [5.74, 6) is 1.12. The lowest BCUT2D eigenvalue weighted by atomic mass is 9.79. The molecule has 0 aliphatic carbocycles. The first kappa shape index (κ1) is 30.7. The normalized spacial score (nSPS) is 21.1. The van der Waals surface area contributed by atoms with Crippen molar-refractivity contribution in [2.45, 2.75) is 63.8 Å². The molecule has 7 rings (SSSR count). The van der Waals surface area contributed by atoms with E-state index in [2.05, 4.69) is 32.1 Å². The molecule has 4 aliphatic heterocycles. The van der Waals surface area contributed by atoms with Crippen molar-refractivity contribution in [1.82, 2.24) is 35.4 Å². The van der Waals surface area contributed by atoms with E-state index in [1.807, 2.05) is 51.1 Å². The summed E-state index contributed by atoms with van der Waals surface area (Å²) in [5, 5.41) is 17.6. The highest BCUT2D eigenvalue weighted by Crippen LogP contribution is 2.32. The van der Waals surface area contributed by atoms with E-state index in [1.165, 1.54) is 12.8 Å². The molecule has 3 fully saturated rings. The van der Waals surface area contributed by atoms with Crippen molar-refractivity contribution in [3.05, 3.63) is 53.6 Å². The van der Waals surface area contributed by atoms with Crippen LogP contribution < -0.4 is 10.6 Å². The number of carbonyl (C=O) groups excluding carboxylic acids is 3. The highest BCUT2D eigenvalue weighted by molar-refractivity contribution is 5.91. The molecule has 4 amide bonds. The highest BCUT2D eigenvalue weighted by atomic mass is 16.2. The van der Waals surface area contributed by atoms with Gasteiger partial charge in [-0.3, -0.25) is 9.59 Å². The predicted octanol–water partition coefficient (Wildman–Crippen LogP) is 3.83. The van der Waals surface area contributed by atoms with Crippen LogP contribution in [-0.4, -0.2) is 99.8 Å². The lowest BCUT2D eigenvalue weighted by Crippen LogP contribution is -2.50. The van der Waals surface area contributed by atoms with Crippen LogP contribution in [0.5, 0.6) is 0 Å². The largest absolute Gasteiger partial charge is 0.343 e. The van der Waals surface area contributed by atoms with Gasteiger partial charge >= 0.3 is 6.03 Å². The van der Waals surface area contributed by atoms with Gasteiger partial charge in [-0.2, -0.15) is 15.4 Å². The molecule has 1 unspecified atom stereocenters. The van der Waals surface area contributed by atoms with Crippen LogP contribution in [0.1, 0.15) is 56.1 Å². The number of likely N-dealkylation sites (tertiary alicyclic amines) is 2. The fourth-order valence-corrected chi connectivity index (χ4v) is 8.21. The lowest BCUT2D eigenvalue weighted by molar-refractivity contribution is -0.143. The summed E-state index contributed by atoms with van der Waals surface area (Å²) >= 11 is 0. The molecule has 3 aromatic rings. The van der Waals surface area contributed by atoms with Crippen molar-refractivity contribution < 1.29 is 14.4 Å². The van der Waals surface area contributed by atoms with E-state index < -0.39 is 5.92 Å². The van der Waals surface area contributed by atoms with Crippen LogP contribution in [0.25, 0.3) is 11.0 Å². The zero-order valence-electron chi connectivity index (χ0n) is 26.6. The number of urea groups is 1. The van der Waals surface area contributed by atoms with Crippen molar-refractivity contribution in [2.24, 2.45) is 17.8 Å². The molecule has 2 aromatic carbocycles. The van der Waals surface area contributed by atoms with Crippen molar-refractivity contribution in [1.29, 1.82) is 0 Å². The first-order valence-electron chi connectivity index (χ1n) is 17.2. The van der Waals surface area contributed by atoms with Gasteiger partial charge in [-0.25, -0.2) is 4.79 Å². The minimum atomic E-state index is -0.431. The van der Waals surface area contributed by atoms with Gasteiger partial charge in [-0.1, -0.05) is 24.3 Å². The number of piperidine rings is 3. The molecule has 3 N–H and O–H groups in total. The van der Waals surface area contributed by atoms with Crippen LogP contribution in [0.3, 0.4) is 0 Å². The molecule has 46 heavy (non-hydrogen) atoms. The fourth-order valence-electron chi connectivity index (χ4n) is 8.21. The summed E-state index contributed by atoms with van der Waals surface area (Å²) < 4.78 is 0. The maximum absolute atomic E-state index is 14.1. The van der Waals surface area contributed by atoms with Crippen LogP contribution in [0.2, 0.25) is 0 Å². The van der Waals surface area contributed by atoms with Gasteiger partial charge in [0, 0.05) is 50.9 Å². The molecule has 3 saturated heterocycles. The number of nitrogens with one attached hydrogen (secondary N) is 3. The van der Waals surface area contributed by atoms with Crippen LogP contribution in [-0.2, 0) is 22.4 Å². The van der Waals surface area contributed by atoms with E-state index in [0.717, 1.165) is 92.0 Å². The predicted molar refractivity (Wildman–Crippen MR) is 176 cm³/mol. The van der Waals surface area contributed by atoms with E-state index in [4.69, 9.17) is 0 Å². The Morgan fingerprint density at radius 3 is 2.35 bits per heavy atom. The highest BCUT2D eigenvalue weighted by Gasteiger charge is 2.36. The summed E-state index contributed by atoms with van der Waals surface area (Å²) in [6.45, 7) is 5.59. The van der Waals surface area contributed by atoms with Gasteiger partial charge < -0.3 is 25.3 Å². The summed E-state index contributed by atoms with van der Waals surface area (Å²) in [6, 6.07) is 13.9. The topological polar surface area (TPSA) is 127 Å². The molecular weight excluding hydrogens is 580 g/mol. The number of amides is 4. The fraction of sp³-hybridized carbons (Fsp3) is 0.571. The first-order chi connectivity index (χ1) is 22.5. The number of anilines is 1. The third-order valence-corrected chi connectivity index (χ3v) is 10.9. The third kappa shape index (κ3) is 6.74. The maximum Gasteiger partial charge on any atom is 0.322 e. The molecule has 0 bridgehead atoms. The SMILES string of the molecule is O=C(CC(Cc1ccc2n[nH]nc2c1)C(=O)N1CCC(C2CCNCC2)CC1)N1CCC(N2CCc3ccccc3NC2=O)CC1. The number of nitrogens with zero attached hydrogens (tertiary/aromatic N) is 5. The molecule has 11 nitrogen and oxygen atoms in total. The molecule has 0 saturated carbocycles. The summed E-state index contributed by atoms with van der Waals surface area (Å²) in [4.78, 5) is 46.9. The number of hydrogen-bond acceptors (Lipinski definition) is 6. The number of para-hydroxylation sites is 1. The number of aromatic nitrogens is 3. The summed E-state index contributed by atoms with van der Waals surface area (Å²) in [6.07, 6.45) is 7.52. The Bertz CT molecular complexity index is 1540. The van der Waals surface area contributed by atoms with Gasteiger partial charge in [0.15, 0.2) is 0 Å². The molecular formula is C35H46N8O3.